The second-order valence-corrected chi connectivity index (χ2v) is 9.38. The summed E-state index contributed by atoms with van der Waals surface area (Å²) in [6.45, 7) is 2.71. The minimum absolute atomic E-state index is 0.0702. The summed E-state index contributed by atoms with van der Waals surface area (Å²) in [5.74, 6) is 2.31. The summed E-state index contributed by atoms with van der Waals surface area (Å²) < 4.78 is 0. The van der Waals surface area contributed by atoms with Crippen LogP contribution >= 0.6 is 0 Å². The molecule has 0 aromatic heterocycles. The summed E-state index contributed by atoms with van der Waals surface area (Å²) in [7, 11) is 0. The molecule has 6 nitrogen and oxygen atoms in total. The van der Waals surface area contributed by atoms with E-state index in [1.807, 2.05) is 18.2 Å². The normalized spacial score (nSPS) is 29.3. The minimum Gasteiger partial charge on any atom is -0.378 e. The summed E-state index contributed by atoms with van der Waals surface area (Å²) in [6, 6.07) is 7.68. The maximum atomic E-state index is 12.1. The number of unbranched alkanes of at least 4 members (excludes halogenated alkanes) is 1. The van der Waals surface area contributed by atoms with E-state index in [1.54, 1.807) is 0 Å². The molecule has 158 valence electrons. The van der Waals surface area contributed by atoms with Gasteiger partial charge in [-0.2, -0.15) is 0 Å². The predicted molar refractivity (Wildman–Crippen MR) is 116 cm³/mol. The van der Waals surface area contributed by atoms with Gasteiger partial charge in [0.15, 0.2) is 0 Å². The van der Waals surface area contributed by atoms with E-state index in [1.165, 1.54) is 38.5 Å². The fraction of sp³-hybridized carbons (Fsp3) is 0.652. The van der Waals surface area contributed by atoms with Crippen LogP contribution in [-0.2, 0) is 4.79 Å². The van der Waals surface area contributed by atoms with Crippen LogP contribution in [0.25, 0.3) is 0 Å². The van der Waals surface area contributed by atoms with Crippen LogP contribution in [0.4, 0.5) is 16.2 Å². The molecule has 0 saturated heterocycles. The van der Waals surface area contributed by atoms with Crippen molar-refractivity contribution in [3.8, 4) is 0 Å². The highest BCUT2D eigenvalue weighted by Crippen LogP contribution is 2.56. The summed E-state index contributed by atoms with van der Waals surface area (Å²) in [6.07, 6.45) is 9.97. The number of nitrogens with one attached hydrogen (secondary N) is 4. The largest absolute Gasteiger partial charge is 0.378 e. The number of rotatable bonds is 8. The Balaban J connectivity index is 1.33. The molecule has 6 heteroatoms. The average Bonchev–Trinajstić information content (AvgIpc) is 2.66. The fourth-order valence-electron chi connectivity index (χ4n) is 6.06. The van der Waals surface area contributed by atoms with Crippen molar-refractivity contribution < 1.29 is 9.59 Å². The van der Waals surface area contributed by atoms with Gasteiger partial charge in [0.05, 0.1) is 17.9 Å². The van der Waals surface area contributed by atoms with Crippen molar-refractivity contribution in [2.45, 2.75) is 63.8 Å². The topological polar surface area (TPSA) is 82.3 Å². The van der Waals surface area contributed by atoms with Crippen molar-refractivity contribution in [2.24, 2.45) is 17.8 Å². The van der Waals surface area contributed by atoms with E-state index in [4.69, 9.17) is 0 Å². The van der Waals surface area contributed by atoms with Crippen molar-refractivity contribution >= 4 is 23.3 Å². The van der Waals surface area contributed by atoms with Gasteiger partial charge in [-0.3, -0.25) is 10.1 Å². The SMILES string of the molecule is CCCCNC(=O)NC(=O)CNc1ccccc1NC12CC3CC(CC(C3)C1)C2. The molecule has 0 spiro atoms. The van der Waals surface area contributed by atoms with E-state index < -0.39 is 6.03 Å². The Morgan fingerprint density at radius 1 is 1.00 bits per heavy atom. The van der Waals surface area contributed by atoms with Gasteiger partial charge in [-0.25, -0.2) is 4.79 Å². The summed E-state index contributed by atoms with van der Waals surface area (Å²) in [5.41, 5.74) is 2.20. The first-order valence-electron chi connectivity index (χ1n) is 11.2. The van der Waals surface area contributed by atoms with Crippen LogP contribution in [0, 0.1) is 17.8 Å². The zero-order chi connectivity index (χ0) is 20.3. The number of imide groups is 1. The van der Waals surface area contributed by atoms with Crippen molar-refractivity contribution in [3.63, 3.8) is 0 Å². The molecule has 5 rings (SSSR count). The third-order valence-corrected chi connectivity index (χ3v) is 6.87. The first-order valence-corrected chi connectivity index (χ1v) is 11.2. The standard InChI is InChI=1S/C23H34N4O2/c1-2-3-8-24-22(29)26-21(28)15-25-19-6-4-5-7-20(19)27-23-12-16-9-17(13-23)11-18(10-16)14-23/h4-7,16-18,25,27H,2-3,8-15H2,1H3,(H2,24,26,28,29). The van der Waals surface area contributed by atoms with Crippen LogP contribution in [0.5, 0.6) is 0 Å². The molecule has 4 saturated carbocycles. The smallest absolute Gasteiger partial charge is 0.321 e. The predicted octanol–water partition coefficient (Wildman–Crippen LogP) is 4.11. The minimum atomic E-state index is -0.426. The van der Waals surface area contributed by atoms with Crippen LogP contribution in [0.3, 0.4) is 0 Å². The molecule has 0 atom stereocenters. The lowest BCUT2D eigenvalue weighted by atomic mass is 9.53. The third-order valence-electron chi connectivity index (χ3n) is 6.87. The highest BCUT2D eigenvalue weighted by atomic mass is 16.2. The molecule has 4 aliphatic carbocycles. The van der Waals surface area contributed by atoms with E-state index >= 15 is 0 Å². The Labute approximate surface area is 173 Å². The van der Waals surface area contributed by atoms with Crippen molar-refractivity contribution in [3.05, 3.63) is 24.3 Å². The number of amides is 3. The average molecular weight is 399 g/mol. The molecule has 29 heavy (non-hydrogen) atoms. The van der Waals surface area contributed by atoms with Gasteiger partial charge < -0.3 is 16.0 Å². The second-order valence-electron chi connectivity index (χ2n) is 9.38. The van der Waals surface area contributed by atoms with E-state index in [0.717, 1.165) is 42.0 Å². The number of carbonyl (C=O) groups excluding carboxylic acids is 2. The van der Waals surface area contributed by atoms with Crippen LogP contribution < -0.4 is 21.3 Å². The number of benzene rings is 1. The van der Waals surface area contributed by atoms with Gasteiger partial charge in [-0.1, -0.05) is 25.5 Å². The number of anilines is 2. The number of para-hydroxylation sites is 2. The molecular formula is C23H34N4O2. The number of carbonyl (C=O) groups is 2. The van der Waals surface area contributed by atoms with Crippen LogP contribution in [-0.4, -0.2) is 30.6 Å². The number of hydrogen-bond acceptors (Lipinski definition) is 4. The molecule has 0 heterocycles. The molecule has 4 bridgehead atoms. The van der Waals surface area contributed by atoms with E-state index in [2.05, 4.69) is 34.3 Å². The van der Waals surface area contributed by atoms with Crippen molar-refractivity contribution in [1.82, 2.24) is 10.6 Å². The molecule has 4 fully saturated rings. The van der Waals surface area contributed by atoms with Gasteiger partial charge in [0.1, 0.15) is 0 Å². The molecule has 4 aliphatic rings. The molecule has 0 aliphatic heterocycles. The van der Waals surface area contributed by atoms with Gasteiger partial charge >= 0.3 is 6.03 Å². The molecule has 0 radical (unpaired) electrons. The molecule has 4 N–H and O–H groups in total. The second kappa shape index (κ2) is 8.64. The number of hydrogen-bond donors (Lipinski definition) is 4. The zero-order valence-electron chi connectivity index (χ0n) is 17.4. The Hall–Kier alpha value is -2.24. The lowest BCUT2D eigenvalue weighted by molar-refractivity contribution is -0.118. The molecular weight excluding hydrogens is 364 g/mol. The molecule has 1 aromatic rings. The Kier molecular flexibility index (Phi) is 5.97. The lowest BCUT2D eigenvalue weighted by Gasteiger charge is -2.57. The first kappa shape index (κ1) is 20.0. The lowest BCUT2D eigenvalue weighted by Crippen LogP contribution is -2.54. The molecule has 3 amide bonds. The van der Waals surface area contributed by atoms with Gasteiger partial charge in [-0.15, -0.1) is 0 Å². The number of urea groups is 1. The highest BCUT2D eigenvalue weighted by Gasteiger charge is 2.51. The maximum absolute atomic E-state index is 12.1. The van der Waals surface area contributed by atoms with E-state index in [0.29, 0.717) is 6.54 Å². The van der Waals surface area contributed by atoms with Crippen molar-refractivity contribution in [1.29, 1.82) is 0 Å². The third kappa shape index (κ3) is 4.85. The van der Waals surface area contributed by atoms with Crippen LogP contribution in [0.2, 0.25) is 0 Å². The zero-order valence-corrected chi connectivity index (χ0v) is 17.4. The van der Waals surface area contributed by atoms with Gasteiger partial charge in [0, 0.05) is 12.1 Å². The fourth-order valence-corrected chi connectivity index (χ4v) is 6.06. The summed E-state index contributed by atoms with van der Waals surface area (Å²) in [5, 5.41) is 12.2. The highest BCUT2D eigenvalue weighted by molar-refractivity contribution is 5.96. The monoisotopic (exact) mass is 398 g/mol. The molecule has 0 unspecified atom stereocenters. The molecule has 1 aromatic carbocycles. The quantitative estimate of drug-likeness (QED) is 0.497. The van der Waals surface area contributed by atoms with Crippen molar-refractivity contribution in [2.75, 3.05) is 23.7 Å². The van der Waals surface area contributed by atoms with Crippen LogP contribution in [0.15, 0.2) is 24.3 Å². The van der Waals surface area contributed by atoms with Gasteiger partial charge in [0.2, 0.25) is 5.91 Å². The first-order chi connectivity index (χ1) is 14.0. The summed E-state index contributed by atoms with van der Waals surface area (Å²) in [4.78, 5) is 23.9. The summed E-state index contributed by atoms with van der Waals surface area (Å²) >= 11 is 0. The van der Waals surface area contributed by atoms with Crippen LogP contribution in [0.1, 0.15) is 58.3 Å². The Morgan fingerprint density at radius 3 is 2.24 bits per heavy atom. The Morgan fingerprint density at radius 2 is 1.62 bits per heavy atom. The maximum Gasteiger partial charge on any atom is 0.321 e. The van der Waals surface area contributed by atoms with Gasteiger partial charge in [-0.05, 0) is 74.8 Å². The van der Waals surface area contributed by atoms with E-state index in [-0.39, 0.29) is 18.0 Å². The Bertz CT molecular complexity index is 713. The van der Waals surface area contributed by atoms with E-state index in [9.17, 15) is 9.59 Å². The van der Waals surface area contributed by atoms with Gasteiger partial charge in [0.25, 0.3) is 0 Å².